The SMILES string of the molecule is CN(CCC(=O)c1ccc(Br)cc1Cl)Cc1cccnc1. The Balaban J connectivity index is 1.89. The van der Waals surface area contributed by atoms with Crippen molar-refractivity contribution in [3.05, 3.63) is 63.3 Å². The fraction of sp³-hybridized carbons (Fsp3) is 0.250. The first-order valence-corrected chi connectivity index (χ1v) is 7.79. The number of ketones is 1. The van der Waals surface area contributed by atoms with Gasteiger partial charge in [-0.3, -0.25) is 9.78 Å². The van der Waals surface area contributed by atoms with E-state index in [0.717, 1.165) is 16.6 Å². The van der Waals surface area contributed by atoms with E-state index in [4.69, 9.17) is 11.6 Å². The smallest absolute Gasteiger partial charge is 0.165 e. The van der Waals surface area contributed by atoms with Crippen molar-refractivity contribution in [3.63, 3.8) is 0 Å². The molecule has 5 heteroatoms. The van der Waals surface area contributed by atoms with Gasteiger partial charge in [0.1, 0.15) is 0 Å². The van der Waals surface area contributed by atoms with Crippen molar-refractivity contribution in [1.82, 2.24) is 9.88 Å². The summed E-state index contributed by atoms with van der Waals surface area (Å²) >= 11 is 9.43. The summed E-state index contributed by atoms with van der Waals surface area (Å²) in [5, 5.41) is 0.490. The fourth-order valence-corrected chi connectivity index (χ4v) is 2.80. The van der Waals surface area contributed by atoms with Gasteiger partial charge in [0.2, 0.25) is 0 Å². The number of rotatable bonds is 6. The molecule has 2 rings (SSSR count). The number of nitrogens with zero attached hydrogens (tertiary/aromatic N) is 2. The number of hydrogen-bond acceptors (Lipinski definition) is 3. The first-order chi connectivity index (χ1) is 10.1. The summed E-state index contributed by atoms with van der Waals surface area (Å²) in [5.74, 6) is 0.0607. The maximum absolute atomic E-state index is 12.2. The van der Waals surface area contributed by atoms with Gasteiger partial charge in [0.05, 0.1) is 5.02 Å². The van der Waals surface area contributed by atoms with Crippen molar-refractivity contribution in [2.75, 3.05) is 13.6 Å². The van der Waals surface area contributed by atoms with Gasteiger partial charge >= 0.3 is 0 Å². The van der Waals surface area contributed by atoms with Crippen LogP contribution in [-0.2, 0) is 6.54 Å². The monoisotopic (exact) mass is 366 g/mol. The number of carbonyl (C=O) groups excluding carboxylic acids is 1. The Hall–Kier alpha value is -1.23. The Morgan fingerprint density at radius 3 is 2.86 bits per heavy atom. The van der Waals surface area contributed by atoms with Crippen LogP contribution in [0.5, 0.6) is 0 Å². The number of pyridine rings is 1. The highest BCUT2D eigenvalue weighted by Crippen LogP contribution is 2.22. The minimum atomic E-state index is 0.0607. The van der Waals surface area contributed by atoms with Crippen LogP contribution < -0.4 is 0 Å². The summed E-state index contributed by atoms with van der Waals surface area (Å²) in [5.41, 5.74) is 1.71. The lowest BCUT2D eigenvalue weighted by molar-refractivity contribution is 0.0968. The predicted molar refractivity (Wildman–Crippen MR) is 88.7 cm³/mol. The van der Waals surface area contributed by atoms with E-state index in [1.807, 2.05) is 31.4 Å². The highest BCUT2D eigenvalue weighted by atomic mass is 79.9. The van der Waals surface area contributed by atoms with Crippen LogP contribution >= 0.6 is 27.5 Å². The molecule has 0 spiro atoms. The van der Waals surface area contributed by atoms with E-state index in [1.54, 1.807) is 18.3 Å². The molecule has 0 saturated carbocycles. The van der Waals surface area contributed by atoms with Gasteiger partial charge < -0.3 is 4.90 Å². The average Bonchev–Trinajstić information content (AvgIpc) is 2.46. The zero-order valence-electron chi connectivity index (χ0n) is 11.7. The number of benzene rings is 1. The van der Waals surface area contributed by atoms with Crippen LogP contribution in [0, 0.1) is 0 Å². The normalized spacial score (nSPS) is 10.9. The number of hydrogen-bond donors (Lipinski definition) is 0. The molecule has 0 N–H and O–H groups in total. The highest BCUT2D eigenvalue weighted by Gasteiger charge is 2.11. The van der Waals surface area contributed by atoms with E-state index in [9.17, 15) is 4.79 Å². The van der Waals surface area contributed by atoms with E-state index in [-0.39, 0.29) is 5.78 Å². The van der Waals surface area contributed by atoms with Gasteiger partial charge in [-0.1, -0.05) is 33.6 Å². The second kappa shape index (κ2) is 7.69. The molecule has 0 unspecified atom stereocenters. The van der Waals surface area contributed by atoms with Crippen LogP contribution in [0.25, 0.3) is 0 Å². The molecule has 3 nitrogen and oxygen atoms in total. The van der Waals surface area contributed by atoms with E-state index in [1.165, 1.54) is 0 Å². The Morgan fingerprint density at radius 2 is 2.19 bits per heavy atom. The van der Waals surface area contributed by atoms with Gasteiger partial charge in [0, 0.05) is 41.9 Å². The lowest BCUT2D eigenvalue weighted by atomic mass is 10.1. The third kappa shape index (κ3) is 4.92. The second-order valence-corrected chi connectivity index (χ2v) is 6.22. The first-order valence-electron chi connectivity index (χ1n) is 6.62. The van der Waals surface area contributed by atoms with Crippen LogP contribution in [0.15, 0.2) is 47.2 Å². The fourth-order valence-electron chi connectivity index (χ4n) is 2.03. The Bertz CT molecular complexity index is 619. The quantitative estimate of drug-likeness (QED) is 0.717. The third-order valence-electron chi connectivity index (χ3n) is 3.13. The molecule has 0 aliphatic heterocycles. The van der Waals surface area contributed by atoms with Crippen molar-refractivity contribution in [3.8, 4) is 0 Å². The molecule has 0 saturated heterocycles. The number of halogens is 2. The Kier molecular flexibility index (Phi) is 5.91. The zero-order valence-corrected chi connectivity index (χ0v) is 14.1. The summed E-state index contributed by atoms with van der Waals surface area (Å²) in [6.07, 6.45) is 4.03. The van der Waals surface area contributed by atoms with Gasteiger partial charge in [-0.05, 0) is 36.9 Å². The van der Waals surface area contributed by atoms with Crippen LogP contribution in [0.4, 0.5) is 0 Å². The van der Waals surface area contributed by atoms with Crippen molar-refractivity contribution in [2.24, 2.45) is 0 Å². The summed E-state index contributed by atoms with van der Waals surface area (Å²) < 4.78 is 0.873. The van der Waals surface area contributed by atoms with Crippen LogP contribution in [0.1, 0.15) is 22.3 Å². The second-order valence-electron chi connectivity index (χ2n) is 4.90. The molecule has 0 atom stereocenters. The minimum absolute atomic E-state index is 0.0607. The number of Topliss-reactive ketones (excluding diaryl/α,β-unsaturated/α-hetero) is 1. The van der Waals surface area contributed by atoms with E-state index >= 15 is 0 Å². The van der Waals surface area contributed by atoms with Crippen molar-refractivity contribution in [1.29, 1.82) is 0 Å². The maximum Gasteiger partial charge on any atom is 0.165 e. The largest absolute Gasteiger partial charge is 0.302 e. The van der Waals surface area contributed by atoms with Crippen LogP contribution in [0.2, 0.25) is 5.02 Å². The van der Waals surface area contributed by atoms with Crippen LogP contribution in [0.3, 0.4) is 0 Å². The summed E-state index contributed by atoms with van der Waals surface area (Å²) in [6.45, 7) is 1.45. The van der Waals surface area contributed by atoms with E-state index in [0.29, 0.717) is 23.6 Å². The summed E-state index contributed by atoms with van der Waals surface area (Å²) in [6, 6.07) is 9.27. The van der Waals surface area contributed by atoms with E-state index in [2.05, 4.69) is 25.8 Å². The molecule has 2 aromatic rings. The van der Waals surface area contributed by atoms with Gasteiger partial charge in [-0.25, -0.2) is 0 Å². The number of carbonyl (C=O) groups is 1. The predicted octanol–water partition coefficient (Wildman–Crippen LogP) is 4.20. The van der Waals surface area contributed by atoms with Crippen molar-refractivity contribution >= 4 is 33.3 Å². The summed E-state index contributed by atoms with van der Waals surface area (Å²) in [7, 11) is 1.99. The topological polar surface area (TPSA) is 33.2 Å². The molecule has 21 heavy (non-hydrogen) atoms. The molecule has 0 amide bonds. The van der Waals surface area contributed by atoms with Crippen LogP contribution in [-0.4, -0.2) is 29.3 Å². The Morgan fingerprint density at radius 1 is 1.38 bits per heavy atom. The molecular formula is C16H16BrClN2O. The van der Waals surface area contributed by atoms with Gasteiger partial charge in [0.15, 0.2) is 5.78 Å². The van der Waals surface area contributed by atoms with Gasteiger partial charge in [-0.2, -0.15) is 0 Å². The highest BCUT2D eigenvalue weighted by molar-refractivity contribution is 9.10. The molecule has 0 radical (unpaired) electrons. The molecule has 1 aromatic carbocycles. The lowest BCUT2D eigenvalue weighted by Gasteiger charge is -2.16. The average molecular weight is 368 g/mol. The maximum atomic E-state index is 12.2. The molecule has 0 aliphatic rings. The molecule has 1 heterocycles. The molecule has 110 valence electrons. The summed E-state index contributed by atoms with van der Waals surface area (Å²) in [4.78, 5) is 18.4. The number of aromatic nitrogens is 1. The van der Waals surface area contributed by atoms with E-state index < -0.39 is 0 Å². The van der Waals surface area contributed by atoms with Gasteiger partial charge in [0.25, 0.3) is 0 Å². The minimum Gasteiger partial charge on any atom is -0.302 e. The van der Waals surface area contributed by atoms with Crippen molar-refractivity contribution in [2.45, 2.75) is 13.0 Å². The molecule has 1 aromatic heterocycles. The standard InChI is InChI=1S/C16H16BrClN2O/c1-20(11-12-3-2-7-19-10-12)8-6-16(21)14-5-4-13(17)9-15(14)18/h2-5,7,9-10H,6,8,11H2,1H3. The lowest BCUT2D eigenvalue weighted by Crippen LogP contribution is -2.21. The zero-order chi connectivity index (χ0) is 15.2. The third-order valence-corrected chi connectivity index (χ3v) is 3.93. The molecule has 0 aliphatic carbocycles. The Labute approximate surface area is 138 Å². The molecule has 0 fully saturated rings. The van der Waals surface area contributed by atoms with Gasteiger partial charge in [-0.15, -0.1) is 0 Å². The molecular weight excluding hydrogens is 352 g/mol. The molecule has 0 bridgehead atoms. The first kappa shape index (κ1) is 16.1. The van der Waals surface area contributed by atoms with Crippen molar-refractivity contribution < 1.29 is 4.79 Å².